The van der Waals surface area contributed by atoms with Crippen LogP contribution >= 0.6 is 0 Å². The molecule has 1 fully saturated rings. The van der Waals surface area contributed by atoms with Crippen molar-refractivity contribution in [2.45, 2.75) is 39.3 Å². The minimum absolute atomic E-state index is 0.0126. The van der Waals surface area contributed by atoms with Gasteiger partial charge in [-0.15, -0.1) is 0 Å². The number of amides is 1. The Morgan fingerprint density at radius 2 is 1.84 bits per heavy atom. The highest BCUT2D eigenvalue weighted by Crippen LogP contribution is 2.31. The minimum Gasteiger partial charge on any atom is -0.369 e. The van der Waals surface area contributed by atoms with E-state index in [1.165, 1.54) is 12.1 Å². The van der Waals surface area contributed by atoms with Gasteiger partial charge in [-0.2, -0.15) is 13.2 Å². The molecule has 0 bridgehead atoms. The smallest absolute Gasteiger partial charge is 0.369 e. The summed E-state index contributed by atoms with van der Waals surface area (Å²) in [5.41, 5.74) is -0.177. The van der Waals surface area contributed by atoms with Crippen LogP contribution in [0.4, 0.5) is 19.0 Å². The van der Waals surface area contributed by atoms with Crippen molar-refractivity contribution in [3.63, 3.8) is 0 Å². The fourth-order valence-corrected chi connectivity index (χ4v) is 4.56. The third kappa shape index (κ3) is 8.22. The van der Waals surface area contributed by atoms with Crippen molar-refractivity contribution in [3.8, 4) is 0 Å². The van der Waals surface area contributed by atoms with E-state index in [1.807, 2.05) is 19.0 Å². The Hall–Kier alpha value is -3.05. The van der Waals surface area contributed by atoms with E-state index >= 15 is 0 Å². The second kappa shape index (κ2) is 12.7. The zero-order valence-corrected chi connectivity index (χ0v) is 22.5. The van der Waals surface area contributed by atoms with Crippen LogP contribution in [0, 0.1) is 12.3 Å². The maximum atomic E-state index is 13.2. The zero-order chi connectivity index (χ0) is 27.9. The second-order valence-corrected chi connectivity index (χ2v) is 10.2. The Bertz CT molecular complexity index is 1110. The summed E-state index contributed by atoms with van der Waals surface area (Å²) in [5.74, 6) is 0.675. The molecule has 2 heterocycles. The van der Waals surface area contributed by atoms with Crippen molar-refractivity contribution in [1.82, 2.24) is 25.1 Å². The van der Waals surface area contributed by atoms with E-state index in [1.54, 1.807) is 13.0 Å². The lowest BCUT2D eigenvalue weighted by Crippen LogP contribution is -2.48. The van der Waals surface area contributed by atoms with Crippen LogP contribution in [-0.2, 0) is 28.6 Å². The normalized spacial score (nSPS) is 18.1. The average molecular weight is 535 g/mol. The van der Waals surface area contributed by atoms with Gasteiger partial charge < -0.3 is 20.4 Å². The SMILES string of the molecule is CCN1CCC(CNc2cc(C)nc(CC(=O)Cc3ccc(C(F)(F)F)cc3)n2)(C(=O)NCCN(C)C)C1. The van der Waals surface area contributed by atoms with E-state index in [-0.39, 0.29) is 24.5 Å². The Morgan fingerprint density at radius 1 is 1.13 bits per heavy atom. The maximum absolute atomic E-state index is 13.2. The number of benzene rings is 1. The van der Waals surface area contributed by atoms with Gasteiger partial charge in [0.2, 0.25) is 5.91 Å². The second-order valence-electron chi connectivity index (χ2n) is 10.2. The van der Waals surface area contributed by atoms with E-state index in [9.17, 15) is 22.8 Å². The summed E-state index contributed by atoms with van der Waals surface area (Å²) in [4.78, 5) is 39.0. The number of aromatic nitrogens is 2. The predicted octanol–water partition coefficient (Wildman–Crippen LogP) is 2.96. The highest BCUT2D eigenvalue weighted by Gasteiger charge is 2.44. The molecular formula is C27H37F3N6O2. The number of carbonyl (C=O) groups excluding carboxylic acids is 2. The Labute approximate surface area is 222 Å². The average Bonchev–Trinajstić information content (AvgIpc) is 3.27. The minimum atomic E-state index is -4.42. The number of aryl methyl sites for hydroxylation is 1. The molecule has 1 aromatic heterocycles. The fourth-order valence-electron chi connectivity index (χ4n) is 4.56. The number of nitrogens with zero attached hydrogens (tertiary/aromatic N) is 4. The Kier molecular flexibility index (Phi) is 9.83. The summed E-state index contributed by atoms with van der Waals surface area (Å²) >= 11 is 0. The number of anilines is 1. The van der Waals surface area contributed by atoms with Crippen molar-refractivity contribution in [2.75, 3.05) is 58.7 Å². The summed E-state index contributed by atoms with van der Waals surface area (Å²) < 4.78 is 38.3. The molecule has 1 aliphatic heterocycles. The first-order valence-corrected chi connectivity index (χ1v) is 12.8. The molecule has 0 aliphatic carbocycles. The highest BCUT2D eigenvalue weighted by atomic mass is 19.4. The molecule has 1 saturated heterocycles. The van der Waals surface area contributed by atoms with Crippen LogP contribution in [-0.4, -0.2) is 84.8 Å². The molecular weight excluding hydrogens is 497 g/mol. The first-order chi connectivity index (χ1) is 17.9. The Balaban J connectivity index is 1.65. The van der Waals surface area contributed by atoms with E-state index in [2.05, 4.69) is 32.4 Å². The fraction of sp³-hybridized carbons (Fsp3) is 0.556. The lowest BCUT2D eigenvalue weighted by Gasteiger charge is -2.29. The zero-order valence-electron chi connectivity index (χ0n) is 22.5. The van der Waals surface area contributed by atoms with Crippen LogP contribution in [0.25, 0.3) is 0 Å². The topological polar surface area (TPSA) is 90.5 Å². The first kappa shape index (κ1) is 29.5. The van der Waals surface area contributed by atoms with Crippen molar-refractivity contribution in [2.24, 2.45) is 5.41 Å². The molecule has 0 saturated carbocycles. The molecule has 1 aliphatic rings. The molecule has 208 valence electrons. The number of Topliss-reactive ketones (excluding diaryl/α,β-unsaturated/α-hetero) is 1. The van der Waals surface area contributed by atoms with Crippen LogP contribution < -0.4 is 10.6 Å². The number of carbonyl (C=O) groups is 2. The molecule has 1 aromatic carbocycles. The van der Waals surface area contributed by atoms with Crippen LogP contribution in [0.15, 0.2) is 30.3 Å². The standard InChI is InChI=1S/C27H37F3N6O2/c1-5-36-12-10-26(18-36,25(38)31-11-13-35(3)4)17-32-23-14-19(2)33-24(34-23)16-22(37)15-20-6-8-21(9-7-20)27(28,29)30/h6-9,14H,5,10-13,15-18H2,1-4H3,(H,31,38)(H,32,33,34). The third-order valence-electron chi connectivity index (χ3n) is 6.75. The van der Waals surface area contributed by atoms with Gasteiger partial charge in [-0.1, -0.05) is 19.1 Å². The number of ketones is 1. The van der Waals surface area contributed by atoms with Crippen molar-refractivity contribution in [1.29, 1.82) is 0 Å². The number of alkyl halides is 3. The molecule has 1 amide bonds. The quantitative estimate of drug-likeness (QED) is 0.433. The van der Waals surface area contributed by atoms with Gasteiger partial charge in [0.05, 0.1) is 17.4 Å². The third-order valence-corrected chi connectivity index (χ3v) is 6.75. The molecule has 38 heavy (non-hydrogen) atoms. The predicted molar refractivity (Wildman–Crippen MR) is 140 cm³/mol. The molecule has 2 N–H and O–H groups in total. The van der Waals surface area contributed by atoms with E-state index in [0.29, 0.717) is 42.5 Å². The van der Waals surface area contributed by atoms with Crippen LogP contribution in [0.5, 0.6) is 0 Å². The molecule has 1 atom stereocenters. The number of hydrogen-bond acceptors (Lipinski definition) is 7. The van der Waals surface area contributed by atoms with Crippen LogP contribution in [0.3, 0.4) is 0 Å². The van der Waals surface area contributed by atoms with Crippen molar-refractivity contribution < 1.29 is 22.8 Å². The number of rotatable bonds is 12. The molecule has 1 unspecified atom stereocenters. The van der Waals surface area contributed by atoms with Crippen molar-refractivity contribution >= 4 is 17.5 Å². The first-order valence-electron chi connectivity index (χ1n) is 12.8. The summed E-state index contributed by atoms with van der Waals surface area (Å²) in [6.45, 7) is 7.94. The monoisotopic (exact) mass is 534 g/mol. The summed E-state index contributed by atoms with van der Waals surface area (Å²) in [7, 11) is 3.92. The lowest BCUT2D eigenvalue weighted by atomic mass is 9.85. The van der Waals surface area contributed by atoms with E-state index < -0.39 is 17.2 Å². The molecule has 0 spiro atoms. The van der Waals surface area contributed by atoms with Gasteiger partial charge in [0.15, 0.2) is 0 Å². The molecule has 3 rings (SSSR count). The summed E-state index contributed by atoms with van der Waals surface area (Å²) in [5, 5.41) is 6.38. The van der Waals surface area contributed by atoms with Gasteiger partial charge in [0, 0.05) is 44.4 Å². The maximum Gasteiger partial charge on any atom is 0.416 e. The largest absolute Gasteiger partial charge is 0.416 e. The van der Waals surface area contributed by atoms with Crippen LogP contribution in [0.1, 0.15) is 36.0 Å². The number of likely N-dealkylation sites (N-methyl/N-ethyl adjacent to an activating group) is 1. The number of hydrogen-bond donors (Lipinski definition) is 2. The molecule has 2 aromatic rings. The van der Waals surface area contributed by atoms with Gasteiger partial charge in [0.1, 0.15) is 17.4 Å². The van der Waals surface area contributed by atoms with Gasteiger partial charge in [0.25, 0.3) is 0 Å². The van der Waals surface area contributed by atoms with Crippen LogP contribution in [0.2, 0.25) is 0 Å². The summed E-state index contributed by atoms with van der Waals surface area (Å²) in [6.07, 6.45) is -3.75. The van der Waals surface area contributed by atoms with Gasteiger partial charge in [-0.3, -0.25) is 9.59 Å². The van der Waals surface area contributed by atoms with E-state index in [0.717, 1.165) is 38.2 Å². The summed E-state index contributed by atoms with van der Waals surface area (Å²) in [6, 6.07) is 6.35. The number of nitrogens with one attached hydrogen (secondary N) is 2. The van der Waals surface area contributed by atoms with Gasteiger partial charge in [-0.25, -0.2) is 9.97 Å². The Morgan fingerprint density at radius 3 is 2.45 bits per heavy atom. The molecule has 8 nitrogen and oxygen atoms in total. The van der Waals surface area contributed by atoms with Crippen molar-refractivity contribution in [3.05, 3.63) is 53.0 Å². The molecule has 0 radical (unpaired) electrons. The molecule has 11 heteroatoms. The number of likely N-dealkylation sites (tertiary alicyclic amines) is 1. The highest BCUT2D eigenvalue weighted by molar-refractivity contribution is 5.84. The number of halogens is 3. The van der Waals surface area contributed by atoms with E-state index in [4.69, 9.17) is 0 Å². The van der Waals surface area contributed by atoms with Gasteiger partial charge in [-0.05, 0) is 58.2 Å². The lowest BCUT2D eigenvalue weighted by molar-refractivity contribution is -0.137. The van der Waals surface area contributed by atoms with Gasteiger partial charge >= 0.3 is 6.18 Å².